The molecule has 1 aromatic rings. The molecule has 0 saturated heterocycles. The van der Waals surface area contributed by atoms with E-state index >= 15 is 0 Å². The molecule has 0 aliphatic carbocycles. The molecule has 98 valence electrons. The molecule has 0 fully saturated rings. The van der Waals surface area contributed by atoms with E-state index < -0.39 is 17.9 Å². The van der Waals surface area contributed by atoms with E-state index in [9.17, 15) is 14.0 Å². The lowest BCUT2D eigenvalue weighted by Crippen LogP contribution is -2.46. The summed E-state index contributed by atoms with van der Waals surface area (Å²) < 4.78 is 13.2. The maximum Gasteiger partial charge on any atom is 0.256 e. The van der Waals surface area contributed by atoms with Crippen molar-refractivity contribution >= 4 is 11.8 Å². The SMILES string of the molecule is CC(C)NC(=O)C(C)NC(=O)c1cccnc1F. The van der Waals surface area contributed by atoms with E-state index in [0.29, 0.717) is 0 Å². The molecule has 1 aromatic heterocycles. The molecule has 0 radical (unpaired) electrons. The van der Waals surface area contributed by atoms with Crippen molar-refractivity contribution in [3.05, 3.63) is 29.8 Å². The zero-order valence-electron chi connectivity index (χ0n) is 10.5. The van der Waals surface area contributed by atoms with Crippen molar-refractivity contribution in [2.45, 2.75) is 32.9 Å². The van der Waals surface area contributed by atoms with Crippen molar-refractivity contribution in [1.29, 1.82) is 0 Å². The summed E-state index contributed by atoms with van der Waals surface area (Å²) in [7, 11) is 0. The number of nitrogens with one attached hydrogen (secondary N) is 2. The summed E-state index contributed by atoms with van der Waals surface area (Å²) in [6.45, 7) is 5.16. The van der Waals surface area contributed by atoms with Crippen LogP contribution in [0.25, 0.3) is 0 Å². The summed E-state index contributed by atoms with van der Waals surface area (Å²) in [5, 5.41) is 5.06. The molecule has 18 heavy (non-hydrogen) atoms. The summed E-state index contributed by atoms with van der Waals surface area (Å²) in [5.74, 6) is -1.83. The van der Waals surface area contributed by atoms with E-state index in [2.05, 4.69) is 15.6 Å². The Morgan fingerprint density at radius 3 is 2.50 bits per heavy atom. The van der Waals surface area contributed by atoms with Gasteiger partial charge in [-0.2, -0.15) is 4.39 Å². The zero-order valence-corrected chi connectivity index (χ0v) is 10.5. The molecular weight excluding hydrogens is 237 g/mol. The van der Waals surface area contributed by atoms with Gasteiger partial charge in [0.05, 0.1) is 5.56 Å². The summed E-state index contributed by atoms with van der Waals surface area (Å²) >= 11 is 0. The minimum atomic E-state index is -0.855. The molecule has 0 aromatic carbocycles. The molecule has 0 aliphatic heterocycles. The number of hydrogen-bond acceptors (Lipinski definition) is 3. The normalized spacial score (nSPS) is 12.1. The molecule has 0 saturated carbocycles. The fourth-order valence-electron chi connectivity index (χ4n) is 1.30. The van der Waals surface area contributed by atoms with Gasteiger partial charge in [0.1, 0.15) is 6.04 Å². The van der Waals surface area contributed by atoms with E-state index in [1.54, 1.807) is 0 Å². The fraction of sp³-hybridized carbons (Fsp3) is 0.417. The lowest BCUT2D eigenvalue weighted by molar-refractivity contribution is -0.123. The quantitative estimate of drug-likeness (QED) is 0.782. The van der Waals surface area contributed by atoms with Gasteiger partial charge in [0, 0.05) is 12.2 Å². The molecule has 0 aliphatic rings. The number of pyridine rings is 1. The lowest BCUT2D eigenvalue weighted by Gasteiger charge is -2.16. The van der Waals surface area contributed by atoms with Crippen LogP contribution in [0.2, 0.25) is 0 Å². The van der Waals surface area contributed by atoms with Gasteiger partial charge in [-0.1, -0.05) is 0 Å². The Kier molecular flexibility index (Phi) is 4.76. The number of carbonyl (C=O) groups excluding carboxylic acids is 2. The Hall–Kier alpha value is -1.98. The molecule has 1 heterocycles. The van der Waals surface area contributed by atoms with Crippen LogP contribution >= 0.6 is 0 Å². The highest BCUT2D eigenvalue weighted by Gasteiger charge is 2.19. The van der Waals surface area contributed by atoms with E-state index in [0.717, 1.165) is 0 Å². The number of amides is 2. The van der Waals surface area contributed by atoms with Gasteiger partial charge < -0.3 is 10.6 Å². The van der Waals surface area contributed by atoms with Crippen LogP contribution in [0, 0.1) is 5.95 Å². The summed E-state index contributed by atoms with van der Waals surface area (Å²) in [5.41, 5.74) is -0.179. The number of carbonyl (C=O) groups is 2. The first-order valence-corrected chi connectivity index (χ1v) is 5.63. The molecule has 0 spiro atoms. The summed E-state index contributed by atoms with van der Waals surface area (Å²) in [6, 6.07) is 2.01. The largest absolute Gasteiger partial charge is 0.352 e. The minimum Gasteiger partial charge on any atom is -0.352 e. The van der Waals surface area contributed by atoms with Crippen LogP contribution in [0.1, 0.15) is 31.1 Å². The van der Waals surface area contributed by atoms with Crippen LogP contribution in [0.15, 0.2) is 18.3 Å². The highest BCUT2D eigenvalue weighted by atomic mass is 19.1. The van der Waals surface area contributed by atoms with Crippen molar-refractivity contribution in [2.24, 2.45) is 0 Å². The maximum absolute atomic E-state index is 13.2. The van der Waals surface area contributed by atoms with Crippen molar-refractivity contribution < 1.29 is 14.0 Å². The van der Waals surface area contributed by atoms with Gasteiger partial charge in [-0.15, -0.1) is 0 Å². The smallest absolute Gasteiger partial charge is 0.256 e. The zero-order chi connectivity index (χ0) is 13.7. The monoisotopic (exact) mass is 253 g/mol. The molecule has 1 unspecified atom stereocenters. The van der Waals surface area contributed by atoms with Crippen molar-refractivity contribution in [1.82, 2.24) is 15.6 Å². The van der Waals surface area contributed by atoms with Crippen LogP contribution < -0.4 is 10.6 Å². The second-order valence-corrected chi connectivity index (χ2v) is 4.20. The van der Waals surface area contributed by atoms with Crippen LogP contribution in [0.4, 0.5) is 4.39 Å². The Balaban J connectivity index is 2.65. The first kappa shape index (κ1) is 14.1. The summed E-state index contributed by atoms with van der Waals surface area (Å²) in [4.78, 5) is 26.6. The number of nitrogens with zero attached hydrogens (tertiary/aromatic N) is 1. The third-order valence-corrected chi connectivity index (χ3v) is 2.18. The predicted octanol–water partition coefficient (Wildman–Crippen LogP) is 0.864. The van der Waals surface area contributed by atoms with Gasteiger partial charge in [0.2, 0.25) is 11.9 Å². The first-order chi connectivity index (χ1) is 8.41. The Morgan fingerprint density at radius 1 is 1.28 bits per heavy atom. The van der Waals surface area contributed by atoms with Gasteiger partial charge in [0.15, 0.2) is 0 Å². The summed E-state index contributed by atoms with van der Waals surface area (Å²) in [6.07, 6.45) is 1.25. The van der Waals surface area contributed by atoms with Crippen LogP contribution in [-0.4, -0.2) is 28.9 Å². The van der Waals surface area contributed by atoms with Gasteiger partial charge in [-0.3, -0.25) is 9.59 Å². The number of halogens is 1. The van der Waals surface area contributed by atoms with Crippen molar-refractivity contribution in [3.8, 4) is 0 Å². The molecule has 5 nitrogen and oxygen atoms in total. The molecule has 2 N–H and O–H groups in total. The predicted molar refractivity (Wildman–Crippen MR) is 64.4 cm³/mol. The maximum atomic E-state index is 13.2. The number of rotatable bonds is 4. The molecular formula is C12H16FN3O2. The van der Waals surface area contributed by atoms with Crippen molar-refractivity contribution in [2.75, 3.05) is 0 Å². The van der Waals surface area contributed by atoms with E-state index in [4.69, 9.17) is 0 Å². The second-order valence-electron chi connectivity index (χ2n) is 4.20. The third-order valence-electron chi connectivity index (χ3n) is 2.18. The van der Waals surface area contributed by atoms with E-state index in [-0.39, 0.29) is 17.5 Å². The fourth-order valence-corrected chi connectivity index (χ4v) is 1.30. The standard InChI is InChI=1S/C12H16FN3O2/c1-7(2)15-11(17)8(3)16-12(18)9-5-4-6-14-10(9)13/h4-8H,1-3H3,(H,15,17)(H,16,18). The molecule has 1 atom stereocenters. The van der Waals surface area contributed by atoms with Crippen LogP contribution in [0.5, 0.6) is 0 Å². The van der Waals surface area contributed by atoms with E-state index in [1.165, 1.54) is 25.3 Å². The van der Waals surface area contributed by atoms with Gasteiger partial charge in [-0.05, 0) is 32.9 Å². The van der Waals surface area contributed by atoms with E-state index in [1.807, 2.05) is 13.8 Å². The highest BCUT2D eigenvalue weighted by molar-refractivity contribution is 5.97. The van der Waals surface area contributed by atoms with Crippen molar-refractivity contribution in [3.63, 3.8) is 0 Å². The number of hydrogen-bond donors (Lipinski definition) is 2. The topological polar surface area (TPSA) is 71.1 Å². The lowest BCUT2D eigenvalue weighted by atomic mass is 10.2. The average molecular weight is 253 g/mol. The Labute approximate surface area is 105 Å². The number of aromatic nitrogens is 1. The molecule has 2 amide bonds. The Bertz CT molecular complexity index is 449. The molecule has 0 bridgehead atoms. The average Bonchev–Trinajstić information content (AvgIpc) is 2.28. The van der Waals surface area contributed by atoms with Crippen LogP contribution in [0.3, 0.4) is 0 Å². The molecule has 1 rings (SSSR count). The second kappa shape index (κ2) is 6.09. The molecule has 6 heteroatoms. The minimum absolute atomic E-state index is 0.0213. The third kappa shape index (κ3) is 3.80. The van der Waals surface area contributed by atoms with Crippen LogP contribution in [-0.2, 0) is 4.79 Å². The van der Waals surface area contributed by atoms with Gasteiger partial charge in [0.25, 0.3) is 5.91 Å². The first-order valence-electron chi connectivity index (χ1n) is 5.63. The highest BCUT2D eigenvalue weighted by Crippen LogP contribution is 2.03. The van der Waals surface area contributed by atoms with Gasteiger partial charge in [-0.25, -0.2) is 4.98 Å². The Morgan fingerprint density at radius 2 is 1.94 bits per heavy atom. The van der Waals surface area contributed by atoms with Gasteiger partial charge >= 0.3 is 0 Å².